The van der Waals surface area contributed by atoms with Gasteiger partial charge in [-0.1, -0.05) is 0 Å². The summed E-state index contributed by atoms with van der Waals surface area (Å²) in [5.74, 6) is 1.33. The summed E-state index contributed by atoms with van der Waals surface area (Å²) in [4.78, 5) is 19.0. The normalized spacial score (nSPS) is 10.8. The molecule has 0 saturated carbocycles. The van der Waals surface area contributed by atoms with E-state index in [1.54, 1.807) is 24.5 Å². The Morgan fingerprint density at radius 2 is 2.25 bits per heavy atom. The van der Waals surface area contributed by atoms with Gasteiger partial charge in [-0.3, -0.25) is 9.78 Å². The van der Waals surface area contributed by atoms with Crippen molar-refractivity contribution < 1.29 is 4.42 Å². The van der Waals surface area contributed by atoms with Crippen LogP contribution in [0.25, 0.3) is 10.9 Å². The fraction of sp³-hybridized carbons (Fsp3) is 0.143. The van der Waals surface area contributed by atoms with Crippen LogP contribution < -0.4 is 16.6 Å². The molecule has 3 aromatic rings. The van der Waals surface area contributed by atoms with Gasteiger partial charge in [0.25, 0.3) is 5.56 Å². The Balaban J connectivity index is 1.78. The molecule has 4 N–H and O–H groups in total. The van der Waals surface area contributed by atoms with Crippen LogP contribution in [0.3, 0.4) is 0 Å². The number of aromatic amines is 1. The summed E-state index contributed by atoms with van der Waals surface area (Å²) < 4.78 is 5.23. The summed E-state index contributed by atoms with van der Waals surface area (Å²) in [7, 11) is 0. The molecule has 0 atom stereocenters. The lowest BCUT2D eigenvalue weighted by molar-refractivity contribution is 0.512. The number of aromatic nitrogens is 2. The molecule has 6 heteroatoms. The summed E-state index contributed by atoms with van der Waals surface area (Å²) in [6, 6.07) is 8.82. The van der Waals surface area contributed by atoms with Gasteiger partial charge in [0.05, 0.1) is 17.2 Å². The highest BCUT2D eigenvalue weighted by atomic mass is 16.3. The summed E-state index contributed by atoms with van der Waals surface area (Å²) >= 11 is 0. The van der Waals surface area contributed by atoms with E-state index in [0.717, 1.165) is 12.2 Å². The summed E-state index contributed by atoms with van der Waals surface area (Å²) in [5, 5.41) is 3.56. The largest absolute Gasteiger partial charge is 0.469 e. The number of nitrogens with two attached hydrogens (primary N) is 1. The van der Waals surface area contributed by atoms with E-state index in [4.69, 9.17) is 10.2 Å². The number of nitrogens with zero attached hydrogens (tertiary/aromatic N) is 1. The van der Waals surface area contributed by atoms with E-state index < -0.39 is 0 Å². The number of hydrogen-bond donors (Lipinski definition) is 3. The van der Waals surface area contributed by atoms with Crippen LogP contribution >= 0.6 is 0 Å². The van der Waals surface area contributed by atoms with E-state index in [1.807, 2.05) is 12.1 Å². The molecule has 20 heavy (non-hydrogen) atoms. The smallest absolute Gasteiger partial charge is 0.260 e. The number of nitrogens with one attached hydrogen (secondary N) is 2. The second-order valence-electron chi connectivity index (χ2n) is 4.45. The molecule has 0 fully saturated rings. The van der Waals surface area contributed by atoms with E-state index in [1.165, 1.54) is 0 Å². The SMILES string of the molecule is Nc1ccc2nc(NCCc3ccco3)[nH]c(=O)c2c1. The molecule has 3 rings (SSSR count). The molecule has 0 amide bonds. The highest BCUT2D eigenvalue weighted by Gasteiger charge is 2.04. The van der Waals surface area contributed by atoms with Gasteiger partial charge in [-0.2, -0.15) is 0 Å². The van der Waals surface area contributed by atoms with Crippen LogP contribution in [0, 0.1) is 0 Å². The molecule has 0 spiro atoms. The van der Waals surface area contributed by atoms with Crippen molar-refractivity contribution in [1.29, 1.82) is 0 Å². The monoisotopic (exact) mass is 270 g/mol. The topological polar surface area (TPSA) is 96.9 Å². The maximum absolute atomic E-state index is 11.9. The Hall–Kier alpha value is -2.76. The van der Waals surface area contributed by atoms with Crippen molar-refractivity contribution in [1.82, 2.24) is 9.97 Å². The van der Waals surface area contributed by atoms with E-state index in [0.29, 0.717) is 29.1 Å². The van der Waals surface area contributed by atoms with Crippen molar-refractivity contribution in [3.8, 4) is 0 Å². The molecule has 1 aromatic carbocycles. The van der Waals surface area contributed by atoms with E-state index in [-0.39, 0.29) is 5.56 Å². The van der Waals surface area contributed by atoms with Crippen LogP contribution in [0.4, 0.5) is 11.6 Å². The number of benzene rings is 1. The maximum Gasteiger partial charge on any atom is 0.260 e. The minimum absolute atomic E-state index is 0.206. The third-order valence-corrected chi connectivity index (χ3v) is 2.97. The predicted molar refractivity (Wildman–Crippen MR) is 77.7 cm³/mol. The lowest BCUT2D eigenvalue weighted by atomic mass is 10.2. The molecule has 0 bridgehead atoms. The Morgan fingerprint density at radius 1 is 1.35 bits per heavy atom. The minimum atomic E-state index is -0.206. The van der Waals surface area contributed by atoms with Crippen molar-refractivity contribution in [3.63, 3.8) is 0 Å². The molecule has 2 aromatic heterocycles. The molecule has 0 aliphatic carbocycles. The Morgan fingerprint density at radius 3 is 3.05 bits per heavy atom. The van der Waals surface area contributed by atoms with Gasteiger partial charge in [-0.25, -0.2) is 4.98 Å². The van der Waals surface area contributed by atoms with Crippen LogP contribution in [-0.4, -0.2) is 16.5 Å². The molecule has 0 radical (unpaired) electrons. The van der Waals surface area contributed by atoms with Gasteiger partial charge in [0.2, 0.25) is 5.95 Å². The van der Waals surface area contributed by atoms with Gasteiger partial charge in [-0.05, 0) is 30.3 Å². The van der Waals surface area contributed by atoms with Crippen LogP contribution in [0.5, 0.6) is 0 Å². The van der Waals surface area contributed by atoms with Crippen LogP contribution in [0.2, 0.25) is 0 Å². The van der Waals surface area contributed by atoms with Crippen molar-refractivity contribution in [2.75, 3.05) is 17.6 Å². The number of rotatable bonds is 4. The summed E-state index contributed by atoms with van der Waals surface area (Å²) in [6.07, 6.45) is 2.35. The van der Waals surface area contributed by atoms with Gasteiger partial charge in [0.1, 0.15) is 5.76 Å². The number of furan rings is 1. The van der Waals surface area contributed by atoms with Gasteiger partial charge < -0.3 is 15.5 Å². The van der Waals surface area contributed by atoms with Crippen LogP contribution in [0.15, 0.2) is 45.8 Å². The van der Waals surface area contributed by atoms with Crippen LogP contribution in [0.1, 0.15) is 5.76 Å². The molecule has 0 aliphatic rings. The maximum atomic E-state index is 11.9. The fourth-order valence-corrected chi connectivity index (χ4v) is 2.00. The number of anilines is 2. The molecule has 2 heterocycles. The lowest BCUT2D eigenvalue weighted by Crippen LogP contribution is -2.15. The van der Waals surface area contributed by atoms with Gasteiger partial charge in [-0.15, -0.1) is 0 Å². The number of fused-ring (bicyclic) bond motifs is 1. The first-order chi connectivity index (χ1) is 9.72. The highest BCUT2D eigenvalue weighted by Crippen LogP contribution is 2.12. The first-order valence-electron chi connectivity index (χ1n) is 6.28. The third-order valence-electron chi connectivity index (χ3n) is 2.97. The van der Waals surface area contributed by atoms with Gasteiger partial charge in [0.15, 0.2) is 0 Å². The lowest BCUT2D eigenvalue weighted by Gasteiger charge is -2.05. The zero-order valence-electron chi connectivity index (χ0n) is 10.7. The summed E-state index contributed by atoms with van der Waals surface area (Å²) in [6.45, 7) is 0.622. The zero-order valence-corrected chi connectivity index (χ0v) is 10.7. The van der Waals surface area contributed by atoms with Gasteiger partial charge >= 0.3 is 0 Å². The second kappa shape index (κ2) is 5.08. The molecule has 0 saturated heterocycles. The van der Waals surface area contributed by atoms with Crippen molar-refractivity contribution in [3.05, 3.63) is 52.7 Å². The Bertz CT molecular complexity index is 777. The average Bonchev–Trinajstić information content (AvgIpc) is 2.93. The Kier molecular flexibility index (Phi) is 3.12. The van der Waals surface area contributed by atoms with Gasteiger partial charge in [0, 0.05) is 18.7 Å². The summed E-state index contributed by atoms with van der Waals surface area (Å²) in [5.41, 5.74) is 6.61. The third kappa shape index (κ3) is 2.49. The molecular formula is C14H14N4O2. The molecule has 0 unspecified atom stereocenters. The quantitative estimate of drug-likeness (QED) is 0.627. The van der Waals surface area contributed by atoms with Crippen molar-refractivity contribution in [2.45, 2.75) is 6.42 Å². The van der Waals surface area contributed by atoms with Crippen molar-refractivity contribution >= 4 is 22.5 Å². The standard InChI is InChI=1S/C14H14N4O2/c15-9-3-4-12-11(8-9)13(19)18-14(17-12)16-6-5-10-2-1-7-20-10/h1-4,7-8H,5-6,15H2,(H2,16,17,18,19). The number of H-pyrrole nitrogens is 1. The Labute approximate surface area is 114 Å². The zero-order chi connectivity index (χ0) is 13.9. The molecule has 6 nitrogen and oxygen atoms in total. The first-order valence-corrected chi connectivity index (χ1v) is 6.28. The number of nitrogen functional groups attached to an aromatic ring is 1. The fourth-order valence-electron chi connectivity index (χ4n) is 2.00. The first kappa shape index (κ1) is 12.3. The highest BCUT2D eigenvalue weighted by molar-refractivity contribution is 5.81. The van der Waals surface area contributed by atoms with E-state index >= 15 is 0 Å². The number of hydrogen-bond acceptors (Lipinski definition) is 5. The van der Waals surface area contributed by atoms with E-state index in [2.05, 4.69) is 15.3 Å². The molecule has 102 valence electrons. The molecule has 0 aliphatic heterocycles. The van der Waals surface area contributed by atoms with E-state index in [9.17, 15) is 4.79 Å². The predicted octanol–water partition coefficient (Wildman–Crippen LogP) is 1.75. The average molecular weight is 270 g/mol. The van der Waals surface area contributed by atoms with Crippen molar-refractivity contribution in [2.24, 2.45) is 0 Å². The van der Waals surface area contributed by atoms with Crippen LogP contribution in [-0.2, 0) is 6.42 Å². The molecular weight excluding hydrogens is 256 g/mol. The minimum Gasteiger partial charge on any atom is -0.469 e. The second-order valence-corrected chi connectivity index (χ2v) is 4.45.